The molecule has 0 nitrogen and oxygen atoms in total. The van der Waals surface area contributed by atoms with Gasteiger partial charge in [-0.1, -0.05) is 24.3 Å². The van der Waals surface area contributed by atoms with Crippen molar-refractivity contribution in [2.45, 2.75) is 58.8 Å². The molecule has 17 heavy (non-hydrogen) atoms. The van der Waals surface area contributed by atoms with E-state index in [1.165, 1.54) is 56.1 Å². The van der Waals surface area contributed by atoms with E-state index < -0.39 is 0 Å². The first-order valence-corrected chi connectivity index (χ1v) is 7.28. The summed E-state index contributed by atoms with van der Waals surface area (Å²) >= 11 is 0. The van der Waals surface area contributed by atoms with E-state index in [4.69, 9.17) is 0 Å². The molecule has 0 amide bonds. The molecule has 4 aliphatic rings. The zero-order valence-corrected chi connectivity index (χ0v) is 11.5. The summed E-state index contributed by atoms with van der Waals surface area (Å²) in [4.78, 5) is 0. The van der Waals surface area contributed by atoms with Crippen molar-refractivity contribution in [2.75, 3.05) is 0 Å². The van der Waals surface area contributed by atoms with Gasteiger partial charge in [0.05, 0.1) is 0 Å². The van der Waals surface area contributed by atoms with Crippen LogP contribution in [0.25, 0.3) is 0 Å². The topological polar surface area (TPSA) is 0 Å². The van der Waals surface area contributed by atoms with Gasteiger partial charge in [0.1, 0.15) is 0 Å². The molecule has 0 spiro atoms. The van der Waals surface area contributed by atoms with Crippen molar-refractivity contribution in [1.82, 2.24) is 0 Å². The molecule has 0 aromatic carbocycles. The fraction of sp³-hybridized carbons (Fsp3) is 0.765. The molecule has 0 heteroatoms. The standard InChI is InChI=1S/C17H26/c1-12(2)16-6-5-14-7-15(9-16)10-17(8-14,11-16)13(3)4/h14-15H,1,3,5-11H2,2,4H3. The Morgan fingerprint density at radius 1 is 0.941 bits per heavy atom. The van der Waals surface area contributed by atoms with Gasteiger partial charge in [-0.05, 0) is 81.5 Å². The van der Waals surface area contributed by atoms with E-state index in [1.807, 2.05) is 0 Å². The zero-order chi connectivity index (χ0) is 12.3. The molecule has 0 N–H and O–H groups in total. The van der Waals surface area contributed by atoms with Gasteiger partial charge in [0, 0.05) is 0 Å². The minimum Gasteiger partial charge on any atom is -0.0996 e. The number of allylic oxidation sites excluding steroid dienone is 2. The van der Waals surface area contributed by atoms with Gasteiger partial charge in [-0.25, -0.2) is 0 Å². The Morgan fingerprint density at radius 2 is 1.53 bits per heavy atom. The Hall–Kier alpha value is -0.520. The number of hydrogen-bond acceptors (Lipinski definition) is 0. The molecule has 94 valence electrons. The van der Waals surface area contributed by atoms with Gasteiger partial charge in [-0.2, -0.15) is 0 Å². The predicted octanol–water partition coefficient (Wildman–Crippen LogP) is 5.12. The van der Waals surface area contributed by atoms with Gasteiger partial charge in [-0.3, -0.25) is 0 Å². The fourth-order valence-electron chi connectivity index (χ4n) is 5.33. The highest BCUT2D eigenvalue weighted by Crippen LogP contribution is 2.66. The van der Waals surface area contributed by atoms with E-state index in [1.54, 1.807) is 0 Å². The SMILES string of the molecule is C=C(C)C12CCC3CC(C1)CC(C(=C)C)(C3)C2. The summed E-state index contributed by atoms with van der Waals surface area (Å²) in [6.45, 7) is 13.2. The van der Waals surface area contributed by atoms with Crippen LogP contribution in [0.15, 0.2) is 24.3 Å². The average Bonchev–Trinajstić information content (AvgIpc) is 2.43. The zero-order valence-electron chi connectivity index (χ0n) is 11.5. The van der Waals surface area contributed by atoms with Crippen molar-refractivity contribution in [3.05, 3.63) is 24.3 Å². The quantitative estimate of drug-likeness (QED) is 0.578. The number of hydrogen-bond donors (Lipinski definition) is 0. The van der Waals surface area contributed by atoms with Gasteiger partial charge in [-0.15, -0.1) is 0 Å². The van der Waals surface area contributed by atoms with E-state index in [0.717, 1.165) is 11.8 Å². The van der Waals surface area contributed by atoms with E-state index in [0.29, 0.717) is 10.8 Å². The molecule has 0 aliphatic heterocycles. The van der Waals surface area contributed by atoms with Crippen molar-refractivity contribution in [3.8, 4) is 0 Å². The highest BCUT2D eigenvalue weighted by atomic mass is 14.6. The minimum absolute atomic E-state index is 0.465. The lowest BCUT2D eigenvalue weighted by Gasteiger charge is -2.54. The first-order valence-electron chi connectivity index (χ1n) is 7.28. The van der Waals surface area contributed by atoms with E-state index >= 15 is 0 Å². The van der Waals surface area contributed by atoms with Crippen LogP contribution < -0.4 is 0 Å². The van der Waals surface area contributed by atoms with Gasteiger partial charge in [0.15, 0.2) is 0 Å². The highest BCUT2D eigenvalue weighted by molar-refractivity contribution is 5.23. The molecule has 4 saturated carbocycles. The van der Waals surface area contributed by atoms with Gasteiger partial charge in [0.2, 0.25) is 0 Å². The summed E-state index contributed by atoms with van der Waals surface area (Å²) in [6, 6.07) is 0. The normalized spacial score (nSPS) is 47.9. The Balaban J connectivity index is 2.06. The molecule has 4 fully saturated rings. The summed E-state index contributed by atoms with van der Waals surface area (Å²) in [7, 11) is 0. The van der Waals surface area contributed by atoms with Crippen LogP contribution in [-0.2, 0) is 0 Å². The monoisotopic (exact) mass is 230 g/mol. The Morgan fingerprint density at radius 3 is 2.18 bits per heavy atom. The van der Waals surface area contributed by atoms with Gasteiger partial charge >= 0.3 is 0 Å². The van der Waals surface area contributed by atoms with Crippen molar-refractivity contribution in [3.63, 3.8) is 0 Å². The van der Waals surface area contributed by atoms with E-state index in [-0.39, 0.29) is 0 Å². The highest BCUT2D eigenvalue weighted by Gasteiger charge is 2.54. The maximum Gasteiger partial charge on any atom is -0.00799 e. The lowest BCUT2D eigenvalue weighted by molar-refractivity contribution is 0.0311. The molecule has 0 saturated heterocycles. The molecular formula is C17H26. The summed E-state index contributed by atoms with van der Waals surface area (Å²) in [5, 5.41) is 0. The summed E-state index contributed by atoms with van der Waals surface area (Å²) in [5.74, 6) is 1.94. The summed E-state index contributed by atoms with van der Waals surface area (Å²) in [5.41, 5.74) is 3.85. The molecule has 0 heterocycles. The third-order valence-corrected chi connectivity index (χ3v) is 6.22. The van der Waals surface area contributed by atoms with E-state index in [2.05, 4.69) is 27.0 Å². The maximum absolute atomic E-state index is 4.35. The van der Waals surface area contributed by atoms with Crippen LogP contribution in [0.5, 0.6) is 0 Å². The minimum atomic E-state index is 0.465. The first-order chi connectivity index (χ1) is 7.96. The number of rotatable bonds is 2. The van der Waals surface area contributed by atoms with Crippen LogP contribution in [0.2, 0.25) is 0 Å². The second-order valence-electron chi connectivity index (χ2n) is 7.42. The molecule has 4 rings (SSSR count). The lowest BCUT2D eigenvalue weighted by atomic mass is 9.51. The second kappa shape index (κ2) is 3.49. The van der Waals surface area contributed by atoms with Crippen LogP contribution in [0.3, 0.4) is 0 Å². The third kappa shape index (κ3) is 1.56. The van der Waals surface area contributed by atoms with Crippen LogP contribution >= 0.6 is 0 Å². The fourth-order valence-corrected chi connectivity index (χ4v) is 5.33. The molecule has 4 bridgehead atoms. The Kier molecular flexibility index (Phi) is 2.38. The Bertz CT molecular complexity index is 359. The van der Waals surface area contributed by atoms with Crippen molar-refractivity contribution in [1.29, 1.82) is 0 Å². The molecule has 0 radical (unpaired) electrons. The largest absolute Gasteiger partial charge is 0.0996 e. The Labute approximate surface area is 106 Å². The van der Waals surface area contributed by atoms with E-state index in [9.17, 15) is 0 Å². The van der Waals surface area contributed by atoms with Crippen molar-refractivity contribution < 1.29 is 0 Å². The molecule has 0 aromatic heterocycles. The first kappa shape index (κ1) is 11.6. The molecule has 4 aliphatic carbocycles. The molecular weight excluding hydrogens is 204 g/mol. The average molecular weight is 230 g/mol. The van der Waals surface area contributed by atoms with Gasteiger partial charge in [0.25, 0.3) is 0 Å². The second-order valence-corrected chi connectivity index (χ2v) is 7.42. The lowest BCUT2D eigenvalue weighted by Crippen LogP contribution is -2.43. The van der Waals surface area contributed by atoms with Crippen molar-refractivity contribution >= 4 is 0 Å². The van der Waals surface area contributed by atoms with Crippen LogP contribution in [0, 0.1) is 22.7 Å². The maximum atomic E-state index is 4.35. The van der Waals surface area contributed by atoms with Crippen LogP contribution in [0.4, 0.5) is 0 Å². The van der Waals surface area contributed by atoms with Crippen LogP contribution in [0.1, 0.15) is 58.8 Å². The molecule has 4 unspecified atom stereocenters. The summed E-state index contributed by atoms with van der Waals surface area (Å²) in [6.07, 6.45) is 9.97. The van der Waals surface area contributed by atoms with Crippen molar-refractivity contribution in [2.24, 2.45) is 22.7 Å². The predicted molar refractivity (Wildman–Crippen MR) is 73.8 cm³/mol. The molecule has 4 atom stereocenters. The smallest absolute Gasteiger partial charge is 0.00799 e. The number of fused-ring (bicyclic) bond motifs is 1. The molecule has 0 aromatic rings. The van der Waals surface area contributed by atoms with Gasteiger partial charge < -0.3 is 0 Å². The third-order valence-electron chi connectivity index (χ3n) is 6.22. The van der Waals surface area contributed by atoms with Crippen LogP contribution in [-0.4, -0.2) is 0 Å². The summed E-state index contributed by atoms with van der Waals surface area (Å²) < 4.78 is 0.